The third-order valence-corrected chi connectivity index (χ3v) is 1.68. The molecule has 4 nitrogen and oxygen atoms in total. The molecule has 14 heavy (non-hydrogen) atoms. The molecule has 0 rings (SSSR count). The van der Waals surface area contributed by atoms with Crippen LogP contribution in [0.3, 0.4) is 0 Å². The molecule has 0 aliphatic carbocycles. The van der Waals surface area contributed by atoms with Gasteiger partial charge in [0.15, 0.2) is 0 Å². The van der Waals surface area contributed by atoms with E-state index in [-0.39, 0.29) is 6.61 Å². The first-order chi connectivity index (χ1) is 6.66. The molecule has 0 bridgehead atoms. The standard InChI is InChI=1S/C10H23NO3/c1-9(2)8-14-5-3-4-11-6-10(13)7-12/h9-13H,3-8H2,1-2H3/t10-/m0/s1. The van der Waals surface area contributed by atoms with Crippen LogP contribution < -0.4 is 5.32 Å². The third-order valence-electron chi connectivity index (χ3n) is 1.68. The van der Waals surface area contributed by atoms with E-state index in [0.717, 1.165) is 26.2 Å². The number of ether oxygens (including phenoxy) is 1. The minimum atomic E-state index is -0.647. The molecule has 0 radical (unpaired) electrons. The Balaban J connectivity index is 2.99. The molecule has 0 saturated carbocycles. The van der Waals surface area contributed by atoms with Gasteiger partial charge in [-0.2, -0.15) is 0 Å². The maximum atomic E-state index is 8.99. The first-order valence-corrected chi connectivity index (χ1v) is 5.24. The summed E-state index contributed by atoms with van der Waals surface area (Å²) in [5, 5.41) is 20.5. The van der Waals surface area contributed by atoms with Gasteiger partial charge in [0.2, 0.25) is 0 Å². The third kappa shape index (κ3) is 9.92. The Kier molecular flexibility index (Phi) is 9.29. The quantitative estimate of drug-likeness (QED) is 0.463. The number of hydrogen-bond acceptors (Lipinski definition) is 4. The fourth-order valence-corrected chi connectivity index (χ4v) is 0.951. The fraction of sp³-hybridized carbons (Fsp3) is 1.00. The van der Waals surface area contributed by atoms with Crippen LogP contribution in [0.1, 0.15) is 20.3 Å². The van der Waals surface area contributed by atoms with Crippen LogP contribution in [0.25, 0.3) is 0 Å². The average molecular weight is 205 g/mol. The Morgan fingerprint density at radius 1 is 1.36 bits per heavy atom. The Labute approximate surface area is 86.3 Å². The van der Waals surface area contributed by atoms with Crippen LogP contribution in [-0.4, -0.2) is 49.2 Å². The van der Waals surface area contributed by atoms with Crippen molar-refractivity contribution in [1.29, 1.82) is 0 Å². The summed E-state index contributed by atoms with van der Waals surface area (Å²) in [6.45, 7) is 6.87. The number of nitrogens with one attached hydrogen (secondary N) is 1. The highest BCUT2D eigenvalue weighted by Gasteiger charge is 1.99. The van der Waals surface area contributed by atoms with Crippen LogP contribution in [0.5, 0.6) is 0 Å². The molecule has 0 aliphatic rings. The zero-order valence-corrected chi connectivity index (χ0v) is 9.20. The minimum Gasteiger partial charge on any atom is -0.394 e. The lowest BCUT2D eigenvalue weighted by atomic mass is 10.2. The number of rotatable bonds is 9. The van der Waals surface area contributed by atoms with Crippen molar-refractivity contribution < 1.29 is 14.9 Å². The highest BCUT2D eigenvalue weighted by atomic mass is 16.5. The second-order valence-electron chi connectivity index (χ2n) is 3.86. The van der Waals surface area contributed by atoms with Crippen LogP contribution in [0.15, 0.2) is 0 Å². The lowest BCUT2D eigenvalue weighted by Crippen LogP contribution is -2.30. The van der Waals surface area contributed by atoms with Crippen molar-refractivity contribution in [2.24, 2.45) is 5.92 Å². The summed E-state index contributed by atoms with van der Waals surface area (Å²) >= 11 is 0. The van der Waals surface area contributed by atoms with E-state index in [4.69, 9.17) is 14.9 Å². The van der Waals surface area contributed by atoms with Crippen molar-refractivity contribution in [3.63, 3.8) is 0 Å². The van der Waals surface area contributed by atoms with Crippen molar-refractivity contribution >= 4 is 0 Å². The molecule has 1 atom stereocenters. The topological polar surface area (TPSA) is 61.7 Å². The SMILES string of the molecule is CC(C)COCCCNC[C@H](O)CO. The Hall–Kier alpha value is -0.160. The zero-order valence-electron chi connectivity index (χ0n) is 9.20. The molecule has 0 saturated heterocycles. The molecule has 3 N–H and O–H groups in total. The molecular formula is C10H23NO3. The highest BCUT2D eigenvalue weighted by molar-refractivity contribution is 4.56. The summed E-state index contributed by atoms with van der Waals surface area (Å²) in [6.07, 6.45) is 0.289. The van der Waals surface area contributed by atoms with E-state index < -0.39 is 6.10 Å². The van der Waals surface area contributed by atoms with Crippen LogP contribution in [0.2, 0.25) is 0 Å². The first kappa shape index (κ1) is 13.8. The summed E-state index contributed by atoms with van der Waals surface area (Å²) in [5.74, 6) is 0.583. The summed E-state index contributed by atoms with van der Waals surface area (Å²) in [4.78, 5) is 0. The molecule has 0 aromatic rings. The van der Waals surface area contributed by atoms with E-state index in [9.17, 15) is 0 Å². The maximum Gasteiger partial charge on any atom is 0.0894 e. The lowest BCUT2D eigenvalue weighted by Gasteiger charge is -2.09. The molecule has 86 valence electrons. The Morgan fingerprint density at radius 3 is 2.64 bits per heavy atom. The van der Waals surface area contributed by atoms with Crippen molar-refractivity contribution in [1.82, 2.24) is 5.32 Å². The Morgan fingerprint density at radius 2 is 2.07 bits per heavy atom. The number of hydrogen-bond donors (Lipinski definition) is 3. The van der Waals surface area contributed by atoms with Gasteiger partial charge in [-0.25, -0.2) is 0 Å². The van der Waals surface area contributed by atoms with Gasteiger partial charge >= 0.3 is 0 Å². The van der Waals surface area contributed by atoms with Gasteiger partial charge in [-0.3, -0.25) is 0 Å². The molecule has 0 aromatic heterocycles. The molecule has 0 amide bonds. The summed E-state index contributed by atoms with van der Waals surface area (Å²) in [6, 6.07) is 0. The van der Waals surface area contributed by atoms with E-state index in [1.807, 2.05) is 0 Å². The van der Waals surface area contributed by atoms with Gasteiger partial charge in [0.25, 0.3) is 0 Å². The van der Waals surface area contributed by atoms with Crippen molar-refractivity contribution in [2.75, 3.05) is 32.9 Å². The molecule has 0 fully saturated rings. The van der Waals surface area contributed by atoms with Crippen LogP contribution in [0.4, 0.5) is 0 Å². The highest BCUT2D eigenvalue weighted by Crippen LogP contribution is 1.92. The predicted octanol–water partition coefficient (Wildman–Crippen LogP) is -0.00810. The molecular weight excluding hydrogens is 182 g/mol. The fourth-order valence-electron chi connectivity index (χ4n) is 0.951. The number of aliphatic hydroxyl groups is 2. The lowest BCUT2D eigenvalue weighted by molar-refractivity contribution is 0.0903. The summed E-state index contributed by atoms with van der Waals surface area (Å²) in [7, 11) is 0. The van der Waals surface area contributed by atoms with Gasteiger partial charge in [-0.05, 0) is 18.9 Å². The molecule has 0 spiro atoms. The van der Waals surface area contributed by atoms with Gasteiger partial charge in [0.1, 0.15) is 0 Å². The molecule has 0 unspecified atom stereocenters. The largest absolute Gasteiger partial charge is 0.394 e. The van der Waals surface area contributed by atoms with Crippen LogP contribution >= 0.6 is 0 Å². The van der Waals surface area contributed by atoms with E-state index in [1.54, 1.807) is 0 Å². The van der Waals surface area contributed by atoms with E-state index in [1.165, 1.54) is 0 Å². The van der Waals surface area contributed by atoms with Crippen LogP contribution in [-0.2, 0) is 4.74 Å². The maximum absolute atomic E-state index is 8.99. The summed E-state index contributed by atoms with van der Waals surface area (Å²) in [5.41, 5.74) is 0. The van der Waals surface area contributed by atoms with Crippen molar-refractivity contribution in [2.45, 2.75) is 26.4 Å². The minimum absolute atomic E-state index is 0.184. The molecule has 0 aliphatic heterocycles. The van der Waals surface area contributed by atoms with Crippen LogP contribution in [0, 0.1) is 5.92 Å². The van der Waals surface area contributed by atoms with Gasteiger partial charge in [0, 0.05) is 19.8 Å². The van der Waals surface area contributed by atoms with Gasteiger partial charge < -0.3 is 20.3 Å². The normalized spacial score (nSPS) is 13.5. The van der Waals surface area contributed by atoms with E-state index >= 15 is 0 Å². The molecule has 4 heteroatoms. The summed E-state index contributed by atoms with van der Waals surface area (Å²) < 4.78 is 5.38. The molecule has 0 heterocycles. The smallest absolute Gasteiger partial charge is 0.0894 e. The van der Waals surface area contributed by atoms with Gasteiger partial charge in [-0.15, -0.1) is 0 Å². The Bertz CT molecular complexity index is 120. The first-order valence-electron chi connectivity index (χ1n) is 5.24. The van der Waals surface area contributed by atoms with E-state index in [2.05, 4.69) is 19.2 Å². The number of aliphatic hydroxyl groups excluding tert-OH is 2. The second-order valence-corrected chi connectivity index (χ2v) is 3.86. The second kappa shape index (κ2) is 9.40. The average Bonchev–Trinajstić information content (AvgIpc) is 2.15. The monoisotopic (exact) mass is 205 g/mol. The van der Waals surface area contributed by atoms with E-state index in [0.29, 0.717) is 12.5 Å². The molecule has 0 aromatic carbocycles. The van der Waals surface area contributed by atoms with Crippen molar-refractivity contribution in [3.8, 4) is 0 Å². The van der Waals surface area contributed by atoms with Gasteiger partial charge in [0.05, 0.1) is 12.7 Å². The van der Waals surface area contributed by atoms with Gasteiger partial charge in [-0.1, -0.05) is 13.8 Å². The van der Waals surface area contributed by atoms with Crippen molar-refractivity contribution in [3.05, 3.63) is 0 Å². The predicted molar refractivity (Wildman–Crippen MR) is 56.2 cm³/mol. The zero-order chi connectivity index (χ0) is 10.8.